The average molecular weight is 322 g/mol. The van der Waals surface area contributed by atoms with Gasteiger partial charge >= 0.3 is 0 Å². The van der Waals surface area contributed by atoms with Crippen LogP contribution >= 0.6 is 11.6 Å². The van der Waals surface area contributed by atoms with Crippen molar-refractivity contribution in [2.24, 2.45) is 0 Å². The Labute approximate surface area is 128 Å². The van der Waals surface area contributed by atoms with Crippen LogP contribution in [0.15, 0.2) is 47.5 Å². The molecule has 0 saturated carbocycles. The van der Waals surface area contributed by atoms with Crippen LogP contribution in [0.25, 0.3) is 0 Å². The standard InChI is InChI=1S/C14H12ClN3O2S/c1-10(11-4-2-5-12(15)8-11)18-21(19,20)14-6-3-7-17-13(14)9-16/h2-8,10,18H,1H3. The molecule has 1 atom stereocenters. The van der Waals surface area contributed by atoms with Crippen LogP contribution in [0.4, 0.5) is 0 Å². The van der Waals surface area contributed by atoms with Gasteiger partial charge in [0.25, 0.3) is 0 Å². The van der Waals surface area contributed by atoms with E-state index in [1.807, 2.05) is 0 Å². The Morgan fingerprint density at radius 2 is 2.10 bits per heavy atom. The van der Waals surface area contributed by atoms with Crippen LogP contribution in [-0.2, 0) is 10.0 Å². The van der Waals surface area contributed by atoms with Gasteiger partial charge in [-0.15, -0.1) is 0 Å². The Kier molecular flexibility index (Phi) is 4.58. The lowest BCUT2D eigenvalue weighted by Crippen LogP contribution is -2.27. The summed E-state index contributed by atoms with van der Waals surface area (Å²) in [6.45, 7) is 1.70. The summed E-state index contributed by atoms with van der Waals surface area (Å²) in [6, 6.07) is 11.0. The molecule has 0 bridgehead atoms. The minimum Gasteiger partial charge on any atom is -0.244 e. The SMILES string of the molecule is CC(NS(=O)(=O)c1cccnc1C#N)c1cccc(Cl)c1. The predicted octanol–water partition coefficient (Wildman–Crippen LogP) is 2.65. The van der Waals surface area contributed by atoms with Crippen LogP contribution < -0.4 is 4.72 Å². The highest BCUT2D eigenvalue weighted by molar-refractivity contribution is 7.89. The van der Waals surface area contributed by atoms with Crippen LogP contribution in [-0.4, -0.2) is 13.4 Å². The number of rotatable bonds is 4. The number of hydrogen-bond acceptors (Lipinski definition) is 4. The molecule has 1 heterocycles. The Hall–Kier alpha value is -1.94. The maximum atomic E-state index is 12.3. The van der Waals surface area contributed by atoms with Gasteiger partial charge in [0, 0.05) is 17.3 Å². The molecule has 0 aliphatic carbocycles. The molecule has 1 aromatic heterocycles. The van der Waals surface area contributed by atoms with Gasteiger partial charge in [-0.1, -0.05) is 23.7 Å². The fourth-order valence-corrected chi connectivity index (χ4v) is 3.37. The molecule has 0 saturated heterocycles. The highest BCUT2D eigenvalue weighted by Gasteiger charge is 2.22. The molecule has 0 spiro atoms. The first kappa shape index (κ1) is 15.4. The molecule has 0 amide bonds. The van der Waals surface area contributed by atoms with Gasteiger partial charge in [-0.05, 0) is 36.8 Å². The first-order valence-electron chi connectivity index (χ1n) is 6.07. The van der Waals surface area contributed by atoms with Crippen LogP contribution in [0, 0.1) is 11.3 Å². The van der Waals surface area contributed by atoms with E-state index in [0.717, 1.165) is 5.56 Å². The average Bonchev–Trinajstić information content (AvgIpc) is 2.46. The third kappa shape index (κ3) is 3.58. The Morgan fingerprint density at radius 3 is 2.76 bits per heavy atom. The van der Waals surface area contributed by atoms with Crippen LogP contribution in [0.1, 0.15) is 24.2 Å². The molecule has 0 radical (unpaired) electrons. The molecule has 2 aromatic rings. The Morgan fingerprint density at radius 1 is 1.33 bits per heavy atom. The van der Waals surface area contributed by atoms with Gasteiger partial charge in [-0.2, -0.15) is 5.26 Å². The van der Waals surface area contributed by atoms with E-state index in [4.69, 9.17) is 16.9 Å². The maximum absolute atomic E-state index is 12.3. The second kappa shape index (κ2) is 6.22. The Balaban J connectivity index is 2.32. The van der Waals surface area contributed by atoms with Gasteiger partial charge in [-0.3, -0.25) is 0 Å². The van der Waals surface area contributed by atoms with E-state index in [1.54, 1.807) is 37.3 Å². The van der Waals surface area contributed by atoms with Crippen molar-refractivity contribution in [3.05, 3.63) is 58.9 Å². The maximum Gasteiger partial charge on any atom is 0.244 e. The van der Waals surface area contributed by atoms with Gasteiger partial charge in [0.15, 0.2) is 5.69 Å². The van der Waals surface area contributed by atoms with Gasteiger partial charge in [0.2, 0.25) is 10.0 Å². The monoisotopic (exact) mass is 321 g/mol. The number of aromatic nitrogens is 1. The second-order valence-corrected chi connectivity index (χ2v) is 6.48. The molecule has 0 aliphatic rings. The number of benzene rings is 1. The number of nitrogens with zero attached hydrogens (tertiary/aromatic N) is 2. The van der Waals surface area contributed by atoms with Crippen LogP contribution in [0.3, 0.4) is 0 Å². The summed E-state index contributed by atoms with van der Waals surface area (Å²) in [5.74, 6) is 0. The zero-order valence-electron chi connectivity index (χ0n) is 11.1. The topological polar surface area (TPSA) is 82.8 Å². The Bertz CT molecular complexity index is 800. The highest BCUT2D eigenvalue weighted by atomic mass is 35.5. The number of hydrogen-bond donors (Lipinski definition) is 1. The molecule has 0 aliphatic heterocycles. The molecular weight excluding hydrogens is 310 g/mol. The molecule has 0 fully saturated rings. The van der Waals surface area contributed by atoms with E-state index in [9.17, 15) is 8.42 Å². The molecule has 21 heavy (non-hydrogen) atoms. The van der Waals surface area contributed by atoms with E-state index in [-0.39, 0.29) is 10.6 Å². The summed E-state index contributed by atoms with van der Waals surface area (Å²) in [7, 11) is -3.84. The van der Waals surface area contributed by atoms with Crippen molar-refractivity contribution in [2.75, 3.05) is 0 Å². The number of sulfonamides is 1. The van der Waals surface area contributed by atoms with Crippen LogP contribution in [0.5, 0.6) is 0 Å². The molecule has 2 rings (SSSR count). The lowest BCUT2D eigenvalue weighted by atomic mass is 10.1. The first-order valence-corrected chi connectivity index (χ1v) is 7.93. The van der Waals surface area contributed by atoms with E-state index < -0.39 is 16.1 Å². The van der Waals surface area contributed by atoms with E-state index >= 15 is 0 Å². The molecule has 1 N–H and O–H groups in total. The molecule has 7 heteroatoms. The summed E-state index contributed by atoms with van der Waals surface area (Å²) in [5, 5.41) is 9.47. The van der Waals surface area contributed by atoms with Crippen molar-refractivity contribution in [3.63, 3.8) is 0 Å². The summed E-state index contributed by atoms with van der Waals surface area (Å²) >= 11 is 5.89. The van der Waals surface area contributed by atoms with Crippen molar-refractivity contribution < 1.29 is 8.42 Å². The van der Waals surface area contributed by atoms with Crippen molar-refractivity contribution in [1.82, 2.24) is 9.71 Å². The summed E-state index contributed by atoms with van der Waals surface area (Å²) in [4.78, 5) is 3.62. The third-order valence-electron chi connectivity index (χ3n) is 2.85. The smallest absolute Gasteiger partial charge is 0.244 e. The lowest BCUT2D eigenvalue weighted by Gasteiger charge is -2.15. The van der Waals surface area contributed by atoms with Crippen molar-refractivity contribution >= 4 is 21.6 Å². The van der Waals surface area contributed by atoms with Crippen molar-refractivity contribution in [2.45, 2.75) is 17.9 Å². The number of halogens is 1. The number of nitrogens with one attached hydrogen (secondary N) is 1. The first-order chi connectivity index (χ1) is 9.94. The largest absolute Gasteiger partial charge is 0.244 e. The molecule has 108 valence electrons. The van der Waals surface area contributed by atoms with Crippen molar-refractivity contribution in [1.29, 1.82) is 5.26 Å². The summed E-state index contributed by atoms with van der Waals surface area (Å²) in [5.41, 5.74) is 0.594. The minimum atomic E-state index is -3.84. The summed E-state index contributed by atoms with van der Waals surface area (Å²) in [6.07, 6.45) is 1.37. The fraction of sp³-hybridized carbons (Fsp3) is 0.143. The zero-order valence-corrected chi connectivity index (χ0v) is 12.7. The second-order valence-electron chi connectivity index (χ2n) is 4.36. The van der Waals surface area contributed by atoms with Gasteiger partial charge in [0.1, 0.15) is 11.0 Å². The van der Waals surface area contributed by atoms with Gasteiger partial charge in [-0.25, -0.2) is 18.1 Å². The third-order valence-corrected chi connectivity index (χ3v) is 4.65. The van der Waals surface area contributed by atoms with E-state index in [2.05, 4.69) is 9.71 Å². The normalized spacial score (nSPS) is 12.6. The highest BCUT2D eigenvalue weighted by Crippen LogP contribution is 2.20. The zero-order chi connectivity index (χ0) is 15.5. The molecule has 1 unspecified atom stereocenters. The number of pyridine rings is 1. The molecule has 1 aromatic carbocycles. The number of nitriles is 1. The van der Waals surface area contributed by atoms with Gasteiger partial charge < -0.3 is 0 Å². The van der Waals surface area contributed by atoms with E-state index in [1.165, 1.54) is 18.3 Å². The summed E-state index contributed by atoms with van der Waals surface area (Å²) < 4.78 is 27.2. The van der Waals surface area contributed by atoms with E-state index in [0.29, 0.717) is 5.02 Å². The predicted molar refractivity (Wildman–Crippen MR) is 79.1 cm³/mol. The fourth-order valence-electron chi connectivity index (χ4n) is 1.83. The quantitative estimate of drug-likeness (QED) is 0.938. The minimum absolute atomic E-state index is 0.136. The van der Waals surface area contributed by atoms with Crippen LogP contribution in [0.2, 0.25) is 5.02 Å². The molecular formula is C14H12ClN3O2S. The van der Waals surface area contributed by atoms with Gasteiger partial charge in [0.05, 0.1) is 0 Å². The lowest BCUT2D eigenvalue weighted by molar-refractivity contribution is 0.566. The van der Waals surface area contributed by atoms with Crippen molar-refractivity contribution in [3.8, 4) is 6.07 Å². The molecule has 5 nitrogen and oxygen atoms in total.